The second-order valence-corrected chi connectivity index (χ2v) is 7.24. The van der Waals surface area contributed by atoms with Gasteiger partial charge in [0.15, 0.2) is 0 Å². The van der Waals surface area contributed by atoms with Crippen LogP contribution in [0.5, 0.6) is 0 Å². The van der Waals surface area contributed by atoms with Crippen LogP contribution in [-0.4, -0.2) is 42.9 Å². The zero-order chi connectivity index (χ0) is 19.2. The highest BCUT2D eigenvalue weighted by Gasteiger charge is 2.20. The fraction of sp³-hybridized carbons (Fsp3) is 0.364. The highest BCUT2D eigenvalue weighted by Crippen LogP contribution is 2.21. The predicted octanol–water partition coefficient (Wildman–Crippen LogP) is 2.60. The Bertz CT molecular complexity index is 801. The summed E-state index contributed by atoms with van der Waals surface area (Å²) in [5, 5.41) is 3.04. The number of carbonyl (C=O) groups excluding carboxylic acids is 2. The summed E-state index contributed by atoms with van der Waals surface area (Å²) in [4.78, 5) is 25.9. The molecule has 0 unspecified atom stereocenters. The van der Waals surface area contributed by atoms with Crippen molar-refractivity contribution < 1.29 is 9.59 Å². The monoisotopic (exact) mass is 365 g/mol. The lowest BCUT2D eigenvalue weighted by atomic mass is 10.0. The van der Waals surface area contributed by atoms with Gasteiger partial charge in [0.1, 0.15) is 0 Å². The first-order valence-corrected chi connectivity index (χ1v) is 9.49. The fourth-order valence-electron chi connectivity index (χ4n) is 3.65. The molecule has 0 radical (unpaired) electrons. The molecule has 5 heteroatoms. The number of hydrogen-bond donors (Lipinski definition) is 2. The first-order valence-electron chi connectivity index (χ1n) is 9.49. The molecular formula is C22H27N3O2. The highest BCUT2D eigenvalue weighted by molar-refractivity contribution is 5.95. The minimum absolute atomic E-state index is 0.0390. The summed E-state index contributed by atoms with van der Waals surface area (Å²) in [6.07, 6.45) is 3.69. The number of benzene rings is 2. The van der Waals surface area contributed by atoms with Crippen LogP contribution in [0, 0.1) is 0 Å². The fourth-order valence-corrected chi connectivity index (χ4v) is 3.65. The van der Waals surface area contributed by atoms with E-state index >= 15 is 0 Å². The van der Waals surface area contributed by atoms with E-state index in [1.807, 2.05) is 48.5 Å². The van der Waals surface area contributed by atoms with Crippen LogP contribution in [0.3, 0.4) is 0 Å². The van der Waals surface area contributed by atoms with Crippen molar-refractivity contribution in [3.63, 3.8) is 0 Å². The standard InChI is InChI=1S/C22H27N3O2/c1-25-13-3-6-20(25)11-12-24-22(27)19-5-2-4-18(15-19)17-9-7-16(8-10-17)14-21(23)26/h2,4-5,7-10,15,20H,3,6,11-14H2,1H3,(H2,23,26)(H,24,27)/t20-/m0/s1. The molecule has 2 aromatic carbocycles. The number of hydrogen-bond acceptors (Lipinski definition) is 3. The molecule has 0 saturated carbocycles. The summed E-state index contributed by atoms with van der Waals surface area (Å²) in [6.45, 7) is 1.85. The van der Waals surface area contributed by atoms with Crippen LogP contribution < -0.4 is 11.1 Å². The van der Waals surface area contributed by atoms with Gasteiger partial charge in [0.25, 0.3) is 5.91 Å². The van der Waals surface area contributed by atoms with Crippen molar-refractivity contribution in [3.05, 3.63) is 59.7 Å². The molecule has 142 valence electrons. The molecule has 3 N–H and O–H groups in total. The van der Waals surface area contributed by atoms with Crippen LogP contribution in [0.1, 0.15) is 35.2 Å². The molecule has 1 fully saturated rings. The maximum atomic E-state index is 12.5. The average Bonchev–Trinajstić information content (AvgIpc) is 3.07. The van der Waals surface area contributed by atoms with Gasteiger partial charge in [-0.3, -0.25) is 9.59 Å². The Kier molecular flexibility index (Phi) is 6.24. The van der Waals surface area contributed by atoms with Gasteiger partial charge < -0.3 is 16.0 Å². The number of nitrogens with two attached hydrogens (primary N) is 1. The third-order valence-electron chi connectivity index (χ3n) is 5.23. The van der Waals surface area contributed by atoms with Gasteiger partial charge in [0.2, 0.25) is 5.91 Å². The third kappa shape index (κ3) is 5.17. The van der Waals surface area contributed by atoms with Gasteiger partial charge in [-0.1, -0.05) is 36.4 Å². The van der Waals surface area contributed by atoms with Gasteiger partial charge in [-0.25, -0.2) is 0 Å². The van der Waals surface area contributed by atoms with Crippen LogP contribution in [0.25, 0.3) is 11.1 Å². The third-order valence-corrected chi connectivity index (χ3v) is 5.23. The Morgan fingerprint density at radius 3 is 2.59 bits per heavy atom. The minimum atomic E-state index is -0.342. The summed E-state index contributed by atoms with van der Waals surface area (Å²) in [5.41, 5.74) is 8.76. The molecule has 1 heterocycles. The SMILES string of the molecule is CN1CCC[C@H]1CCNC(=O)c1cccc(-c2ccc(CC(N)=O)cc2)c1. The lowest BCUT2D eigenvalue weighted by Crippen LogP contribution is -2.31. The van der Waals surface area contributed by atoms with E-state index in [4.69, 9.17) is 5.73 Å². The first-order chi connectivity index (χ1) is 13.0. The summed E-state index contributed by atoms with van der Waals surface area (Å²) in [5.74, 6) is -0.381. The second kappa shape index (κ2) is 8.82. The molecule has 2 amide bonds. The molecule has 27 heavy (non-hydrogen) atoms. The van der Waals surface area contributed by atoms with E-state index < -0.39 is 0 Å². The molecule has 3 rings (SSSR count). The van der Waals surface area contributed by atoms with Gasteiger partial charge in [-0.2, -0.15) is 0 Å². The molecule has 0 spiro atoms. The van der Waals surface area contributed by atoms with Crippen molar-refractivity contribution in [2.24, 2.45) is 5.73 Å². The zero-order valence-electron chi connectivity index (χ0n) is 15.8. The van der Waals surface area contributed by atoms with Gasteiger partial charge in [-0.05, 0) is 61.7 Å². The van der Waals surface area contributed by atoms with Gasteiger partial charge in [-0.15, -0.1) is 0 Å². The molecule has 5 nitrogen and oxygen atoms in total. The molecule has 0 aromatic heterocycles. The molecule has 1 atom stereocenters. The normalized spacial score (nSPS) is 17.0. The Morgan fingerprint density at radius 1 is 1.15 bits per heavy atom. The van der Waals surface area contributed by atoms with Crippen LogP contribution >= 0.6 is 0 Å². The summed E-state index contributed by atoms with van der Waals surface area (Å²) in [7, 11) is 2.15. The maximum absolute atomic E-state index is 12.5. The second-order valence-electron chi connectivity index (χ2n) is 7.24. The maximum Gasteiger partial charge on any atom is 0.251 e. The van der Waals surface area contributed by atoms with E-state index in [2.05, 4.69) is 17.3 Å². The summed E-state index contributed by atoms with van der Waals surface area (Å²) < 4.78 is 0. The van der Waals surface area contributed by atoms with E-state index in [-0.39, 0.29) is 18.2 Å². The van der Waals surface area contributed by atoms with Crippen LogP contribution in [0.4, 0.5) is 0 Å². The van der Waals surface area contributed by atoms with Gasteiger partial charge in [0.05, 0.1) is 6.42 Å². The Balaban J connectivity index is 1.60. The minimum Gasteiger partial charge on any atom is -0.369 e. The van der Waals surface area contributed by atoms with Crippen molar-refractivity contribution in [2.75, 3.05) is 20.1 Å². The quantitative estimate of drug-likeness (QED) is 0.792. The van der Waals surface area contributed by atoms with E-state index in [0.717, 1.165) is 29.7 Å². The summed E-state index contributed by atoms with van der Waals surface area (Å²) in [6, 6.07) is 15.9. The molecule has 2 aromatic rings. The van der Waals surface area contributed by atoms with Crippen molar-refractivity contribution in [2.45, 2.75) is 31.7 Å². The molecule has 1 aliphatic heterocycles. The number of amides is 2. The van der Waals surface area contributed by atoms with E-state index in [0.29, 0.717) is 18.2 Å². The van der Waals surface area contributed by atoms with Gasteiger partial charge >= 0.3 is 0 Å². The van der Waals surface area contributed by atoms with Crippen molar-refractivity contribution >= 4 is 11.8 Å². The van der Waals surface area contributed by atoms with Crippen LogP contribution in [0.2, 0.25) is 0 Å². The van der Waals surface area contributed by atoms with E-state index in [1.54, 1.807) is 0 Å². The first kappa shape index (κ1) is 19.1. The number of rotatable bonds is 7. The van der Waals surface area contributed by atoms with E-state index in [9.17, 15) is 9.59 Å². The Morgan fingerprint density at radius 2 is 1.93 bits per heavy atom. The zero-order valence-corrected chi connectivity index (χ0v) is 15.8. The van der Waals surface area contributed by atoms with Gasteiger partial charge in [0, 0.05) is 18.2 Å². The topological polar surface area (TPSA) is 75.4 Å². The Labute approximate surface area is 160 Å². The number of likely N-dealkylation sites (tertiary alicyclic amines) is 1. The number of nitrogens with one attached hydrogen (secondary N) is 1. The molecule has 1 aliphatic rings. The van der Waals surface area contributed by atoms with Crippen molar-refractivity contribution in [1.29, 1.82) is 0 Å². The molecule has 0 bridgehead atoms. The number of nitrogens with zero attached hydrogens (tertiary/aromatic N) is 1. The predicted molar refractivity (Wildman–Crippen MR) is 107 cm³/mol. The highest BCUT2D eigenvalue weighted by atomic mass is 16.2. The smallest absolute Gasteiger partial charge is 0.251 e. The van der Waals surface area contributed by atoms with Crippen LogP contribution in [0.15, 0.2) is 48.5 Å². The van der Waals surface area contributed by atoms with Crippen LogP contribution in [-0.2, 0) is 11.2 Å². The van der Waals surface area contributed by atoms with E-state index in [1.165, 1.54) is 12.8 Å². The molecular weight excluding hydrogens is 338 g/mol. The molecule has 1 saturated heterocycles. The largest absolute Gasteiger partial charge is 0.369 e. The Hall–Kier alpha value is -2.66. The van der Waals surface area contributed by atoms with Crippen molar-refractivity contribution in [1.82, 2.24) is 10.2 Å². The number of carbonyl (C=O) groups is 2. The van der Waals surface area contributed by atoms with Crippen molar-refractivity contribution in [3.8, 4) is 11.1 Å². The lowest BCUT2D eigenvalue weighted by Gasteiger charge is -2.19. The summed E-state index contributed by atoms with van der Waals surface area (Å²) >= 11 is 0. The lowest BCUT2D eigenvalue weighted by molar-refractivity contribution is -0.117. The average molecular weight is 365 g/mol. The molecule has 0 aliphatic carbocycles. The number of primary amides is 1.